The number of hydrogen-bond donors (Lipinski definition) is 0. The maximum Gasteiger partial charge on any atom is 0.330 e. The average molecular weight is 200 g/mol. The van der Waals surface area contributed by atoms with E-state index in [1.807, 2.05) is 6.92 Å². The summed E-state index contributed by atoms with van der Waals surface area (Å²) in [6.45, 7) is 8.47. The van der Waals surface area contributed by atoms with E-state index in [4.69, 9.17) is 9.16 Å². The standard InChI is InChI=1S/C9H16O3Si/c1-4-8(13-12-6-3)7-11-9(10)5-2/h5,8H,2,4,6-7H2,1,3H3. The molecule has 13 heavy (non-hydrogen) atoms. The Morgan fingerprint density at radius 2 is 2.31 bits per heavy atom. The Balaban J connectivity index is 3.58. The smallest absolute Gasteiger partial charge is 0.330 e. The van der Waals surface area contributed by atoms with Crippen LogP contribution in [0.2, 0.25) is 5.54 Å². The van der Waals surface area contributed by atoms with Crippen LogP contribution in [0.5, 0.6) is 0 Å². The monoisotopic (exact) mass is 200 g/mol. The number of hydrogen-bond acceptors (Lipinski definition) is 3. The van der Waals surface area contributed by atoms with E-state index in [0.717, 1.165) is 6.42 Å². The summed E-state index contributed by atoms with van der Waals surface area (Å²) in [5.74, 6) is -0.361. The Hall–Kier alpha value is -0.613. The lowest BCUT2D eigenvalue weighted by atomic mass is 10.3. The minimum Gasteiger partial charge on any atom is -0.462 e. The molecule has 0 N–H and O–H groups in total. The molecule has 0 saturated carbocycles. The third-order valence-corrected chi connectivity index (χ3v) is 2.84. The van der Waals surface area contributed by atoms with Gasteiger partial charge < -0.3 is 9.16 Å². The largest absolute Gasteiger partial charge is 0.462 e. The van der Waals surface area contributed by atoms with Gasteiger partial charge in [-0.25, -0.2) is 4.79 Å². The number of ether oxygens (including phenoxy) is 1. The Kier molecular flexibility index (Phi) is 7.63. The van der Waals surface area contributed by atoms with Crippen LogP contribution >= 0.6 is 0 Å². The predicted octanol–water partition coefficient (Wildman–Crippen LogP) is 1.57. The molecule has 0 amide bonds. The highest BCUT2D eigenvalue weighted by Crippen LogP contribution is 2.09. The highest BCUT2D eigenvalue weighted by Gasteiger charge is 2.10. The molecule has 0 bridgehead atoms. The minimum absolute atomic E-state index is 0.323. The molecule has 2 radical (unpaired) electrons. The van der Waals surface area contributed by atoms with Crippen molar-refractivity contribution >= 4 is 15.7 Å². The van der Waals surface area contributed by atoms with Crippen molar-refractivity contribution in [2.24, 2.45) is 0 Å². The van der Waals surface area contributed by atoms with Gasteiger partial charge in [-0.05, 0) is 6.92 Å². The van der Waals surface area contributed by atoms with Crippen LogP contribution in [0.1, 0.15) is 20.3 Å². The molecule has 0 aliphatic heterocycles. The first kappa shape index (κ1) is 12.4. The Labute approximate surface area is 82.1 Å². The van der Waals surface area contributed by atoms with Gasteiger partial charge in [0.2, 0.25) is 9.76 Å². The normalized spacial score (nSPS) is 12.2. The zero-order valence-electron chi connectivity index (χ0n) is 8.21. The lowest BCUT2D eigenvalue weighted by Crippen LogP contribution is -2.15. The summed E-state index contributed by atoms with van der Waals surface area (Å²) in [4.78, 5) is 10.7. The predicted molar refractivity (Wildman–Crippen MR) is 52.6 cm³/mol. The zero-order valence-corrected chi connectivity index (χ0v) is 9.21. The molecule has 3 nitrogen and oxygen atoms in total. The number of esters is 1. The van der Waals surface area contributed by atoms with Gasteiger partial charge in [0.05, 0.1) is 6.61 Å². The fraction of sp³-hybridized carbons (Fsp3) is 0.667. The first-order valence-electron chi connectivity index (χ1n) is 4.41. The lowest BCUT2D eigenvalue weighted by molar-refractivity contribution is -0.137. The van der Waals surface area contributed by atoms with Crippen molar-refractivity contribution in [2.45, 2.75) is 25.8 Å². The summed E-state index contributed by atoms with van der Waals surface area (Å²) < 4.78 is 10.2. The first-order chi connectivity index (χ1) is 6.24. The van der Waals surface area contributed by atoms with Gasteiger partial charge in [-0.3, -0.25) is 0 Å². The Bertz CT molecular complexity index is 159. The molecule has 0 aromatic carbocycles. The Morgan fingerprint density at radius 1 is 1.62 bits per heavy atom. The topological polar surface area (TPSA) is 35.5 Å². The van der Waals surface area contributed by atoms with E-state index in [0.29, 0.717) is 28.5 Å². The molecule has 0 saturated heterocycles. The van der Waals surface area contributed by atoms with Crippen molar-refractivity contribution in [3.05, 3.63) is 12.7 Å². The van der Waals surface area contributed by atoms with Crippen molar-refractivity contribution in [2.75, 3.05) is 13.2 Å². The van der Waals surface area contributed by atoms with Crippen LogP contribution in [0.4, 0.5) is 0 Å². The highest BCUT2D eigenvalue weighted by atomic mass is 28.2. The second kappa shape index (κ2) is 8.01. The molecule has 0 spiro atoms. The third-order valence-electron chi connectivity index (χ3n) is 1.48. The summed E-state index contributed by atoms with van der Waals surface area (Å²) in [7, 11) is 0.413. The highest BCUT2D eigenvalue weighted by molar-refractivity contribution is 6.29. The molecular formula is C9H16O3Si. The number of rotatable bonds is 7. The van der Waals surface area contributed by atoms with E-state index >= 15 is 0 Å². The number of carbonyl (C=O) groups excluding carboxylic acids is 1. The molecule has 0 aliphatic rings. The summed E-state index contributed by atoms with van der Waals surface area (Å²) in [5.41, 5.74) is 0.323. The zero-order chi connectivity index (χ0) is 10.1. The van der Waals surface area contributed by atoms with Gasteiger partial charge in [-0.15, -0.1) is 0 Å². The van der Waals surface area contributed by atoms with Gasteiger partial charge in [0.25, 0.3) is 0 Å². The number of carbonyl (C=O) groups is 1. The van der Waals surface area contributed by atoms with Gasteiger partial charge in [-0.2, -0.15) is 0 Å². The molecule has 0 aliphatic carbocycles. The average Bonchev–Trinajstić information content (AvgIpc) is 2.17. The molecule has 1 atom stereocenters. The summed E-state index contributed by atoms with van der Waals surface area (Å²) >= 11 is 0. The van der Waals surface area contributed by atoms with Crippen LogP contribution in [0, 0.1) is 0 Å². The maximum absolute atomic E-state index is 10.7. The fourth-order valence-electron chi connectivity index (χ4n) is 0.678. The van der Waals surface area contributed by atoms with E-state index in [1.165, 1.54) is 6.08 Å². The van der Waals surface area contributed by atoms with Crippen LogP contribution in [-0.2, 0) is 14.0 Å². The van der Waals surface area contributed by atoms with Gasteiger partial charge in [0.15, 0.2) is 0 Å². The van der Waals surface area contributed by atoms with E-state index in [2.05, 4.69) is 13.5 Å². The molecule has 1 unspecified atom stereocenters. The second-order valence-corrected chi connectivity index (χ2v) is 3.83. The quantitative estimate of drug-likeness (QED) is 0.355. The molecule has 4 heteroatoms. The van der Waals surface area contributed by atoms with E-state index in [-0.39, 0.29) is 5.97 Å². The molecule has 74 valence electrons. The van der Waals surface area contributed by atoms with Crippen molar-refractivity contribution in [1.29, 1.82) is 0 Å². The Morgan fingerprint density at radius 3 is 2.77 bits per heavy atom. The summed E-state index contributed by atoms with van der Waals surface area (Å²) in [6.07, 6.45) is 2.14. The maximum atomic E-state index is 10.7. The van der Waals surface area contributed by atoms with Crippen molar-refractivity contribution < 1.29 is 14.0 Å². The molecule has 0 fully saturated rings. The van der Waals surface area contributed by atoms with E-state index < -0.39 is 0 Å². The summed E-state index contributed by atoms with van der Waals surface area (Å²) in [5, 5.41) is 0. The summed E-state index contributed by atoms with van der Waals surface area (Å²) in [6, 6.07) is 0. The van der Waals surface area contributed by atoms with Gasteiger partial charge in [-0.1, -0.05) is 19.9 Å². The van der Waals surface area contributed by atoms with Crippen LogP contribution in [0.25, 0.3) is 0 Å². The van der Waals surface area contributed by atoms with Crippen LogP contribution < -0.4 is 0 Å². The van der Waals surface area contributed by atoms with Crippen molar-refractivity contribution in [1.82, 2.24) is 0 Å². The van der Waals surface area contributed by atoms with Crippen LogP contribution in [0.15, 0.2) is 12.7 Å². The molecule has 0 heterocycles. The fourth-order valence-corrected chi connectivity index (χ4v) is 1.40. The van der Waals surface area contributed by atoms with Crippen LogP contribution in [0.3, 0.4) is 0 Å². The minimum atomic E-state index is -0.361. The second-order valence-electron chi connectivity index (χ2n) is 2.49. The van der Waals surface area contributed by atoms with Gasteiger partial charge >= 0.3 is 5.97 Å². The van der Waals surface area contributed by atoms with Gasteiger partial charge in [0.1, 0.15) is 0 Å². The first-order valence-corrected chi connectivity index (χ1v) is 5.39. The lowest BCUT2D eigenvalue weighted by Gasteiger charge is -2.11. The SMILES string of the molecule is C=CC(=O)OCC(CC)[Si]OCC. The molecule has 0 rings (SSSR count). The molecule has 0 aromatic rings. The van der Waals surface area contributed by atoms with E-state index in [9.17, 15) is 4.79 Å². The van der Waals surface area contributed by atoms with Crippen molar-refractivity contribution in [3.63, 3.8) is 0 Å². The van der Waals surface area contributed by atoms with Gasteiger partial charge in [0, 0.05) is 18.2 Å². The van der Waals surface area contributed by atoms with Crippen molar-refractivity contribution in [3.8, 4) is 0 Å². The van der Waals surface area contributed by atoms with E-state index in [1.54, 1.807) is 0 Å². The molecule has 0 aromatic heterocycles. The van der Waals surface area contributed by atoms with Crippen LogP contribution in [-0.4, -0.2) is 28.9 Å². The third kappa shape index (κ3) is 6.54. The molecular weight excluding hydrogens is 184 g/mol.